The molecule has 1 aromatic carbocycles. The van der Waals surface area contributed by atoms with Crippen LogP contribution in [0.5, 0.6) is 5.75 Å². The average molecular weight is 306 g/mol. The molecule has 112 valence electrons. The number of ether oxygens (including phenoxy) is 1. The molecule has 3 N–H and O–H groups in total. The maximum absolute atomic E-state index is 5.84. The summed E-state index contributed by atoms with van der Waals surface area (Å²) < 4.78 is 5.21. The molecule has 1 heterocycles. The number of hydrogen-bond acceptors (Lipinski definition) is 4. The number of nitrogens with zero attached hydrogens (tertiary/aromatic N) is 1. The number of nitrogens with one attached hydrogen (secondary N) is 1. The van der Waals surface area contributed by atoms with Crippen molar-refractivity contribution in [3.8, 4) is 5.75 Å². The van der Waals surface area contributed by atoms with Crippen LogP contribution in [0.25, 0.3) is 0 Å². The molecule has 2 atom stereocenters. The van der Waals surface area contributed by atoms with Crippen LogP contribution in [0.15, 0.2) is 42.6 Å². The van der Waals surface area contributed by atoms with Crippen LogP contribution in [-0.2, 0) is 6.54 Å². The molecule has 1 saturated carbocycles. The van der Waals surface area contributed by atoms with E-state index in [1.807, 2.05) is 30.5 Å². The lowest BCUT2D eigenvalue weighted by Gasteiger charge is -2.08. The first kappa shape index (κ1) is 15.6. The number of benzene rings is 1. The van der Waals surface area contributed by atoms with Crippen molar-refractivity contribution in [1.29, 1.82) is 0 Å². The van der Waals surface area contributed by atoms with Crippen LogP contribution in [0.1, 0.15) is 23.5 Å². The highest BCUT2D eigenvalue weighted by Crippen LogP contribution is 2.38. The van der Waals surface area contributed by atoms with Gasteiger partial charge in [-0.15, -0.1) is 12.4 Å². The van der Waals surface area contributed by atoms with E-state index in [1.54, 1.807) is 7.11 Å². The van der Waals surface area contributed by atoms with Crippen molar-refractivity contribution in [2.45, 2.75) is 24.9 Å². The molecule has 4 nitrogen and oxygen atoms in total. The van der Waals surface area contributed by atoms with Gasteiger partial charge in [-0.2, -0.15) is 0 Å². The lowest BCUT2D eigenvalue weighted by Crippen LogP contribution is -2.03. The maximum Gasteiger partial charge on any atom is 0.126 e. The Kier molecular flexibility index (Phi) is 5.04. The summed E-state index contributed by atoms with van der Waals surface area (Å²) >= 11 is 0. The molecule has 1 aliphatic rings. The zero-order valence-corrected chi connectivity index (χ0v) is 12.8. The maximum atomic E-state index is 5.84. The first-order valence-electron chi connectivity index (χ1n) is 6.84. The molecule has 0 spiro atoms. The summed E-state index contributed by atoms with van der Waals surface area (Å²) in [6.45, 7) is 0.729. The Morgan fingerprint density at radius 3 is 2.76 bits per heavy atom. The van der Waals surface area contributed by atoms with E-state index in [1.165, 1.54) is 11.1 Å². The van der Waals surface area contributed by atoms with Gasteiger partial charge in [-0.1, -0.05) is 18.2 Å². The second kappa shape index (κ2) is 6.78. The third-order valence-corrected chi connectivity index (χ3v) is 3.66. The van der Waals surface area contributed by atoms with Crippen LogP contribution < -0.4 is 15.8 Å². The summed E-state index contributed by atoms with van der Waals surface area (Å²) in [7, 11) is 1.68. The van der Waals surface area contributed by atoms with E-state index in [-0.39, 0.29) is 12.4 Å². The molecule has 3 rings (SSSR count). The van der Waals surface area contributed by atoms with E-state index in [2.05, 4.69) is 22.4 Å². The number of methoxy groups -OCH3 is 1. The fourth-order valence-corrected chi connectivity index (χ4v) is 2.30. The smallest absolute Gasteiger partial charge is 0.126 e. The molecule has 0 saturated heterocycles. The first-order chi connectivity index (χ1) is 9.76. The van der Waals surface area contributed by atoms with Crippen LogP contribution in [0, 0.1) is 0 Å². The summed E-state index contributed by atoms with van der Waals surface area (Å²) in [6.07, 6.45) is 3.00. The lowest BCUT2D eigenvalue weighted by molar-refractivity contribution is 0.414. The minimum absolute atomic E-state index is 0. The zero-order chi connectivity index (χ0) is 13.9. The molecule has 0 bridgehead atoms. The number of rotatable bonds is 5. The van der Waals surface area contributed by atoms with Gasteiger partial charge in [0.2, 0.25) is 0 Å². The van der Waals surface area contributed by atoms with E-state index in [0.717, 1.165) is 24.5 Å². The first-order valence-corrected chi connectivity index (χ1v) is 6.84. The van der Waals surface area contributed by atoms with E-state index in [0.29, 0.717) is 12.0 Å². The van der Waals surface area contributed by atoms with Crippen molar-refractivity contribution >= 4 is 18.2 Å². The highest BCUT2D eigenvalue weighted by atomic mass is 35.5. The number of halogens is 1. The average Bonchev–Trinajstić information content (AvgIpc) is 3.23. The molecule has 0 unspecified atom stereocenters. The third kappa shape index (κ3) is 3.86. The van der Waals surface area contributed by atoms with Crippen molar-refractivity contribution in [2.75, 3.05) is 12.4 Å². The van der Waals surface area contributed by atoms with Gasteiger partial charge >= 0.3 is 0 Å². The minimum atomic E-state index is 0. The van der Waals surface area contributed by atoms with E-state index < -0.39 is 0 Å². The molecule has 1 aromatic heterocycles. The van der Waals surface area contributed by atoms with Crippen molar-refractivity contribution < 1.29 is 4.74 Å². The Hall–Kier alpha value is -1.78. The van der Waals surface area contributed by atoms with Crippen LogP contribution in [0.2, 0.25) is 0 Å². The summed E-state index contributed by atoms with van der Waals surface area (Å²) in [5, 5.41) is 3.31. The number of hydrogen-bond donors (Lipinski definition) is 2. The van der Waals surface area contributed by atoms with Crippen LogP contribution in [0.4, 0.5) is 5.82 Å². The van der Waals surface area contributed by atoms with Gasteiger partial charge in [-0.3, -0.25) is 0 Å². The van der Waals surface area contributed by atoms with Crippen molar-refractivity contribution in [3.63, 3.8) is 0 Å². The van der Waals surface area contributed by atoms with Crippen LogP contribution in [0.3, 0.4) is 0 Å². The normalized spacial score (nSPS) is 19.5. The number of anilines is 1. The van der Waals surface area contributed by atoms with Crippen molar-refractivity contribution in [1.82, 2.24) is 4.98 Å². The molecular weight excluding hydrogens is 286 g/mol. The molecule has 1 fully saturated rings. The van der Waals surface area contributed by atoms with E-state index in [9.17, 15) is 0 Å². The summed E-state index contributed by atoms with van der Waals surface area (Å²) in [5.41, 5.74) is 8.25. The second-order valence-electron chi connectivity index (χ2n) is 5.19. The SMILES string of the molecule is COc1cccc(CNc2ccc([C@@H]3C[C@H]3N)cn2)c1.Cl. The topological polar surface area (TPSA) is 60.2 Å². The van der Waals surface area contributed by atoms with Gasteiger partial charge in [-0.25, -0.2) is 4.98 Å². The highest BCUT2D eigenvalue weighted by molar-refractivity contribution is 5.85. The van der Waals surface area contributed by atoms with Crippen LogP contribution in [-0.4, -0.2) is 18.1 Å². The molecular formula is C16H20ClN3O. The van der Waals surface area contributed by atoms with Gasteiger partial charge in [0.25, 0.3) is 0 Å². The zero-order valence-electron chi connectivity index (χ0n) is 12.0. The number of aromatic nitrogens is 1. The highest BCUT2D eigenvalue weighted by Gasteiger charge is 2.34. The van der Waals surface area contributed by atoms with Gasteiger partial charge in [0.05, 0.1) is 7.11 Å². The quantitative estimate of drug-likeness (QED) is 0.891. The summed E-state index contributed by atoms with van der Waals surface area (Å²) in [5.74, 6) is 2.26. The van der Waals surface area contributed by atoms with Gasteiger partial charge in [0.1, 0.15) is 11.6 Å². The van der Waals surface area contributed by atoms with Gasteiger partial charge in [-0.05, 0) is 35.7 Å². The predicted molar refractivity (Wildman–Crippen MR) is 87.1 cm³/mol. The standard InChI is InChI=1S/C16H19N3O.ClH/c1-20-13-4-2-3-11(7-13)9-18-16-6-5-12(10-19-16)14-8-15(14)17;/h2-7,10,14-15H,8-9,17H2,1H3,(H,18,19);1H/t14-,15+;/m0./s1. The molecule has 1 aliphatic carbocycles. The van der Waals surface area contributed by atoms with Crippen LogP contribution >= 0.6 is 12.4 Å². The molecule has 2 aromatic rings. The molecule has 0 aliphatic heterocycles. The van der Waals surface area contributed by atoms with Crippen molar-refractivity contribution in [2.24, 2.45) is 5.73 Å². The number of pyridine rings is 1. The monoisotopic (exact) mass is 305 g/mol. The fraction of sp³-hybridized carbons (Fsp3) is 0.312. The Bertz CT molecular complexity index is 588. The van der Waals surface area contributed by atoms with Crippen molar-refractivity contribution in [3.05, 3.63) is 53.7 Å². The number of nitrogens with two attached hydrogens (primary N) is 1. The van der Waals surface area contributed by atoms with E-state index >= 15 is 0 Å². The van der Waals surface area contributed by atoms with Gasteiger partial charge < -0.3 is 15.8 Å². The Morgan fingerprint density at radius 2 is 2.14 bits per heavy atom. The van der Waals surface area contributed by atoms with E-state index in [4.69, 9.17) is 10.5 Å². The third-order valence-electron chi connectivity index (χ3n) is 3.66. The lowest BCUT2D eigenvalue weighted by atomic mass is 10.2. The molecule has 0 amide bonds. The van der Waals surface area contributed by atoms with Gasteiger partial charge in [0.15, 0.2) is 0 Å². The summed E-state index contributed by atoms with van der Waals surface area (Å²) in [6, 6.07) is 12.5. The Balaban J connectivity index is 0.00000161. The predicted octanol–water partition coefficient (Wildman–Crippen LogP) is 2.94. The Labute approximate surface area is 131 Å². The molecule has 21 heavy (non-hydrogen) atoms. The Morgan fingerprint density at radius 1 is 1.33 bits per heavy atom. The largest absolute Gasteiger partial charge is 0.497 e. The fourth-order valence-electron chi connectivity index (χ4n) is 2.30. The molecule has 0 radical (unpaired) electrons. The second-order valence-corrected chi connectivity index (χ2v) is 5.19. The summed E-state index contributed by atoms with van der Waals surface area (Å²) in [4.78, 5) is 4.43. The minimum Gasteiger partial charge on any atom is -0.497 e. The molecule has 5 heteroatoms. The van der Waals surface area contributed by atoms with Gasteiger partial charge in [0, 0.05) is 24.7 Å².